The van der Waals surface area contributed by atoms with E-state index in [1.54, 1.807) is 8.70 Å². The van der Waals surface area contributed by atoms with Gasteiger partial charge in [-0.3, -0.25) is 0 Å². The minimum absolute atomic E-state index is 0.595. The second-order valence-corrected chi connectivity index (χ2v) is 6.35. The Hall–Kier alpha value is -0.521. The van der Waals surface area contributed by atoms with Gasteiger partial charge in [-0.2, -0.15) is 0 Å². The van der Waals surface area contributed by atoms with Crippen molar-refractivity contribution in [1.29, 1.82) is 0 Å². The molecule has 1 heteroatoms. The molecule has 0 spiro atoms. The van der Waals surface area contributed by atoms with Gasteiger partial charge in [-0.05, 0) is 0 Å². The molecule has 1 aromatic heterocycles. The Morgan fingerprint density at radius 2 is 1.62 bits per heavy atom. The topological polar surface area (TPSA) is 0 Å². The van der Waals surface area contributed by atoms with Gasteiger partial charge in [0.05, 0.1) is 0 Å². The second-order valence-electron chi connectivity index (χ2n) is 3.72. The summed E-state index contributed by atoms with van der Waals surface area (Å²) in [6.07, 6.45) is 0. The summed E-state index contributed by atoms with van der Waals surface area (Å²) in [5.74, 6) is 0. The van der Waals surface area contributed by atoms with Crippen molar-refractivity contribution in [2.24, 2.45) is 0 Å². The van der Waals surface area contributed by atoms with Crippen molar-refractivity contribution in [1.82, 2.24) is 0 Å². The van der Waals surface area contributed by atoms with Crippen molar-refractivity contribution in [3.05, 3.63) is 33.3 Å². The SMILES string of the molecule is Cc1cc2cc(C)c(C)c(C)c2[se]1. The molecule has 2 aromatic rings. The van der Waals surface area contributed by atoms with Crippen LogP contribution in [0.1, 0.15) is 21.1 Å². The van der Waals surface area contributed by atoms with Crippen molar-refractivity contribution in [2.75, 3.05) is 0 Å². The van der Waals surface area contributed by atoms with E-state index in [0.717, 1.165) is 0 Å². The van der Waals surface area contributed by atoms with Crippen LogP contribution in [0.2, 0.25) is 0 Å². The Balaban J connectivity index is 2.92. The van der Waals surface area contributed by atoms with Crippen LogP contribution in [0.3, 0.4) is 0 Å². The van der Waals surface area contributed by atoms with Crippen LogP contribution < -0.4 is 0 Å². The van der Waals surface area contributed by atoms with Gasteiger partial charge in [-0.15, -0.1) is 0 Å². The summed E-state index contributed by atoms with van der Waals surface area (Å²) < 4.78 is 3.16. The van der Waals surface area contributed by atoms with E-state index in [1.807, 2.05) is 0 Å². The van der Waals surface area contributed by atoms with Gasteiger partial charge < -0.3 is 0 Å². The Kier molecular flexibility index (Phi) is 2.09. The standard InChI is InChI=1S/C12H14Se/c1-7-5-11-6-8(2)13-12(11)10(4)9(7)3/h5-6H,1-4H3. The summed E-state index contributed by atoms with van der Waals surface area (Å²) in [5, 5.41) is 1.47. The normalized spacial score (nSPS) is 11.1. The van der Waals surface area contributed by atoms with Crippen molar-refractivity contribution >= 4 is 24.1 Å². The van der Waals surface area contributed by atoms with E-state index in [2.05, 4.69) is 39.8 Å². The summed E-state index contributed by atoms with van der Waals surface area (Å²) in [4.78, 5) is 0. The zero-order valence-corrected chi connectivity index (χ0v) is 10.3. The van der Waals surface area contributed by atoms with Crippen LogP contribution in [0.25, 0.3) is 9.65 Å². The van der Waals surface area contributed by atoms with Crippen molar-refractivity contribution in [2.45, 2.75) is 27.7 Å². The molecule has 1 heterocycles. The van der Waals surface area contributed by atoms with E-state index in [1.165, 1.54) is 22.1 Å². The summed E-state index contributed by atoms with van der Waals surface area (Å²) in [5.41, 5.74) is 4.42. The second kappa shape index (κ2) is 3.01. The van der Waals surface area contributed by atoms with Crippen molar-refractivity contribution < 1.29 is 0 Å². The van der Waals surface area contributed by atoms with Crippen LogP contribution in [-0.4, -0.2) is 14.5 Å². The predicted molar refractivity (Wildman–Crippen MR) is 59.8 cm³/mol. The first-order valence-electron chi connectivity index (χ1n) is 4.56. The average Bonchev–Trinajstić information content (AvgIpc) is 2.42. The van der Waals surface area contributed by atoms with Gasteiger partial charge in [-0.1, -0.05) is 0 Å². The van der Waals surface area contributed by atoms with E-state index < -0.39 is 0 Å². The quantitative estimate of drug-likeness (QED) is 0.617. The fraction of sp³-hybridized carbons (Fsp3) is 0.333. The van der Waals surface area contributed by atoms with Crippen LogP contribution >= 0.6 is 0 Å². The molecule has 0 nitrogen and oxygen atoms in total. The summed E-state index contributed by atoms with van der Waals surface area (Å²) in [6, 6.07) is 4.67. The van der Waals surface area contributed by atoms with Gasteiger partial charge in [0.2, 0.25) is 0 Å². The third-order valence-corrected chi connectivity index (χ3v) is 5.24. The maximum absolute atomic E-state index is 2.34. The Labute approximate surface area is 85.3 Å². The molecular formula is C12H14Se. The predicted octanol–water partition coefficient (Wildman–Crippen LogP) is 3.13. The molecule has 0 saturated heterocycles. The van der Waals surface area contributed by atoms with Gasteiger partial charge in [-0.25, -0.2) is 0 Å². The fourth-order valence-electron chi connectivity index (χ4n) is 1.74. The molecule has 68 valence electrons. The molecule has 0 saturated carbocycles. The third kappa shape index (κ3) is 1.37. The first-order valence-corrected chi connectivity index (χ1v) is 6.28. The number of fused-ring (bicyclic) bond motifs is 1. The van der Waals surface area contributed by atoms with Crippen LogP contribution in [0.4, 0.5) is 0 Å². The molecule has 2 rings (SSSR count). The first-order chi connectivity index (χ1) is 6.09. The monoisotopic (exact) mass is 238 g/mol. The van der Waals surface area contributed by atoms with Crippen LogP contribution in [0, 0.1) is 27.7 Å². The van der Waals surface area contributed by atoms with E-state index in [9.17, 15) is 0 Å². The average molecular weight is 237 g/mol. The first kappa shape index (κ1) is 9.05. The third-order valence-electron chi connectivity index (χ3n) is 2.75. The molecule has 1 aromatic carbocycles. The zero-order chi connectivity index (χ0) is 9.59. The van der Waals surface area contributed by atoms with E-state index >= 15 is 0 Å². The molecule has 0 aliphatic heterocycles. The minimum atomic E-state index is 0.595. The molecule has 0 atom stereocenters. The molecule has 0 radical (unpaired) electrons. The van der Waals surface area contributed by atoms with E-state index in [4.69, 9.17) is 0 Å². The molecule has 0 amide bonds. The summed E-state index contributed by atoms with van der Waals surface area (Å²) in [7, 11) is 0. The van der Waals surface area contributed by atoms with Crippen LogP contribution in [-0.2, 0) is 0 Å². The van der Waals surface area contributed by atoms with Crippen LogP contribution in [0.5, 0.6) is 0 Å². The molecule has 13 heavy (non-hydrogen) atoms. The van der Waals surface area contributed by atoms with Crippen molar-refractivity contribution in [3.63, 3.8) is 0 Å². The number of hydrogen-bond donors (Lipinski definition) is 0. The maximum atomic E-state index is 2.34. The van der Waals surface area contributed by atoms with Crippen LogP contribution in [0.15, 0.2) is 12.1 Å². The van der Waals surface area contributed by atoms with Crippen molar-refractivity contribution in [3.8, 4) is 0 Å². The zero-order valence-electron chi connectivity index (χ0n) is 8.56. The number of benzene rings is 1. The summed E-state index contributed by atoms with van der Waals surface area (Å²) in [6.45, 7) is 8.94. The van der Waals surface area contributed by atoms with E-state index in [-0.39, 0.29) is 0 Å². The fourth-order valence-corrected chi connectivity index (χ4v) is 3.94. The van der Waals surface area contributed by atoms with Gasteiger partial charge in [0, 0.05) is 0 Å². The summed E-state index contributed by atoms with van der Waals surface area (Å²) >= 11 is 0.595. The molecule has 0 fully saturated rings. The van der Waals surface area contributed by atoms with E-state index in [0.29, 0.717) is 14.5 Å². The molecular weight excluding hydrogens is 223 g/mol. The molecule has 0 aliphatic rings. The Morgan fingerprint density at radius 1 is 0.923 bits per heavy atom. The molecule has 0 unspecified atom stereocenters. The Bertz CT molecular complexity index is 463. The number of hydrogen-bond acceptors (Lipinski definition) is 0. The van der Waals surface area contributed by atoms with Gasteiger partial charge in [0.1, 0.15) is 0 Å². The Morgan fingerprint density at radius 3 is 2.31 bits per heavy atom. The van der Waals surface area contributed by atoms with Gasteiger partial charge >= 0.3 is 85.1 Å². The van der Waals surface area contributed by atoms with Gasteiger partial charge in [0.15, 0.2) is 0 Å². The molecule has 0 bridgehead atoms. The number of aryl methyl sites for hydroxylation is 3. The number of rotatable bonds is 0. The molecule has 0 N–H and O–H groups in total. The van der Waals surface area contributed by atoms with Gasteiger partial charge in [0.25, 0.3) is 0 Å². The molecule has 0 aliphatic carbocycles.